The molecule has 0 N–H and O–H groups in total. The Morgan fingerprint density at radius 3 is 2.70 bits per heavy atom. The molecule has 2 aliphatic heterocycles. The van der Waals surface area contributed by atoms with E-state index in [9.17, 15) is 4.79 Å². The molecule has 3 rings (SSSR count). The topological polar surface area (TPSA) is 23.6 Å². The Balaban J connectivity index is 2.10. The molecule has 0 spiro atoms. The fourth-order valence-electron chi connectivity index (χ4n) is 2.11. The summed E-state index contributed by atoms with van der Waals surface area (Å²) >= 11 is 14.2. The van der Waals surface area contributed by atoms with Gasteiger partial charge in [0.05, 0.1) is 5.69 Å². The number of fused-ring (bicyclic) bond motifs is 1. The van der Waals surface area contributed by atoms with Crippen molar-refractivity contribution in [2.45, 2.75) is 11.8 Å². The van der Waals surface area contributed by atoms with Crippen LogP contribution < -0.4 is 4.90 Å². The summed E-state index contributed by atoms with van der Waals surface area (Å²) in [5.41, 5.74) is 1.06. The predicted molar refractivity (Wildman–Crippen MR) is 90.3 cm³/mol. The van der Waals surface area contributed by atoms with E-state index >= 15 is 0 Å². The minimum Gasteiger partial charge on any atom is -0.334 e. The van der Waals surface area contributed by atoms with Gasteiger partial charge in [0.25, 0.3) is 5.91 Å². The summed E-state index contributed by atoms with van der Waals surface area (Å²) in [7, 11) is 1.71. The number of amides is 1. The van der Waals surface area contributed by atoms with Crippen LogP contribution in [0.2, 0.25) is 5.02 Å². The average Bonchev–Trinajstić information content (AvgIpc) is 2.90. The molecule has 0 unspecified atom stereocenters. The zero-order valence-corrected chi connectivity index (χ0v) is 14.0. The van der Waals surface area contributed by atoms with Gasteiger partial charge in [0.2, 0.25) is 0 Å². The van der Waals surface area contributed by atoms with Crippen LogP contribution in [0.3, 0.4) is 0 Å². The summed E-state index contributed by atoms with van der Waals surface area (Å²) in [6.45, 7) is 2.84. The number of anilines is 1. The van der Waals surface area contributed by atoms with Crippen LogP contribution in [0.5, 0.6) is 0 Å². The fourth-order valence-corrected chi connectivity index (χ4v) is 4.81. The van der Waals surface area contributed by atoms with Crippen LogP contribution >= 0.6 is 47.3 Å². The maximum Gasteiger partial charge on any atom is 0.268 e. The van der Waals surface area contributed by atoms with Gasteiger partial charge in [-0.05, 0) is 25.1 Å². The smallest absolute Gasteiger partial charge is 0.268 e. The molecule has 1 saturated heterocycles. The van der Waals surface area contributed by atoms with Crippen molar-refractivity contribution in [2.24, 2.45) is 0 Å². The van der Waals surface area contributed by atoms with Gasteiger partial charge in [0.1, 0.15) is 14.3 Å². The summed E-state index contributed by atoms with van der Waals surface area (Å²) < 4.78 is 0.600. The first kappa shape index (κ1) is 14.3. The number of likely N-dealkylation sites (N-methyl/N-ethyl adjacent to an activating group) is 1. The number of thioether (sulfide) groups is 2. The Bertz CT molecular complexity index is 659. The lowest BCUT2D eigenvalue weighted by atomic mass is 10.3. The van der Waals surface area contributed by atoms with Gasteiger partial charge in [0.15, 0.2) is 0 Å². The van der Waals surface area contributed by atoms with Crippen molar-refractivity contribution >= 4 is 63.3 Å². The largest absolute Gasteiger partial charge is 0.334 e. The molecule has 104 valence electrons. The minimum absolute atomic E-state index is 0.0279. The SMILES string of the molecule is CCN1/C(=C2\SC(=S)N(C)C2=O)Sc2ccc(Cl)cc21. The number of halogens is 1. The number of carbonyl (C=O) groups excluding carboxylic acids is 1. The molecule has 2 heterocycles. The van der Waals surface area contributed by atoms with E-state index < -0.39 is 0 Å². The molecule has 3 nitrogen and oxygen atoms in total. The standard InChI is InChI=1S/C13H11ClN2OS3/c1-3-16-8-6-7(14)4-5-9(8)19-12(16)10-11(17)15(2)13(18)20-10/h4-6H,3H2,1-2H3/b12-10+. The minimum atomic E-state index is -0.0279. The molecule has 20 heavy (non-hydrogen) atoms. The molecule has 1 fully saturated rings. The summed E-state index contributed by atoms with van der Waals surface area (Å²) in [5.74, 6) is -0.0279. The van der Waals surface area contributed by atoms with E-state index in [-0.39, 0.29) is 5.91 Å². The van der Waals surface area contributed by atoms with Crippen molar-refractivity contribution in [3.63, 3.8) is 0 Å². The Morgan fingerprint density at radius 2 is 2.10 bits per heavy atom. The van der Waals surface area contributed by atoms with Crippen LogP contribution in [-0.2, 0) is 4.79 Å². The Morgan fingerprint density at radius 1 is 1.35 bits per heavy atom. The van der Waals surface area contributed by atoms with E-state index in [4.69, 9.17) is 23.8 Å². The van der Waals surface area contributed by atoms with Gasteiger partial charge in [-0.2, -0.15) is 0 Å². The Hall–Kier alpha value is -0.690. The first-order valence-corrected chi connectivity index (χ1v) is 8.44. The summed E-state index contributed by atoms with van der Waals surface area (Å²) in [4.78, 5) is 17.7. The molecule has 0 radical (unpaired) electrons. The predicted octanol–water partition coefficient (Wildman–Crippen LogP) is 3.93. The highest BCUT2D eigenvalue weighted by Gasteiger charge is 2.37. The van der Waals surface area contributed by atoms with Crippen LogP contribution in [0, 0.1) is 0 Å². The van der Waals surface area contributed by atoms with Crippen LogP contribution in [0.25, 0.3) is 0 Å². The van der Waals surface area contributed by atoms with Gasteiger partial charge in [-0.1, -0.05) is 47.3 Å². The van der Waals surface area contributed by atoms with Crippen molar-refractivity contribution in [1.82, 2.24) is 4.90 Å². The number of benzene rings is 1. The van der Waals surface area contributed by atoms with E-state index in [0.717, 1.165) is 22.2 Å². The summed E-state index contributed by atoms with van der Waals surface area (Å²) in [5, 5.41) is 1.65. The molecule has 0 bridgehead atoms. The number of hydrogen-bond donors (Lipinski definition) is 0. The molecule has 1 amide bonds. The van der Waals surface area contributed by atoms with E-state index in [0.29, 0.717) is 14.2 Å². The normalized spacial score (nSPS) is 21.9. The fraction of sp³-hybridized carbons (Fsp3) is 0.231. The van der Waals surface area contributed by atoms with Gasteiger partial charge in [-0.25, -0.2) is 0 Å². The van der Waals surface area contributed by atoms with Crippen LogP contribution in [-0.4, -0.2) is 28.7 Å². The lowest BCUT2D eigenvalue weighted by Gasteiger charge is -2.19. The molecule has 2 aliphatic rings. The van der Waals surface area contributed by atoms with Crippen molar-refractivity contribution < 1.29 is 4.79 Å². The molecule has 7 heteroatoms. The molecule has 0 aliphatic carbocycles. The third-order valence-corrected chi connectivity index (χ3v) is 6.23. The molecule has 0 saturated carbocycles. The first-order valence-electron chi connectivity index (χ1n) is 6.02. The van der Waals surface area contributed by atoms with Gasteiger partial charge in [-0.3, -0.25) is 9.69 Å². The van der Waals surface area contributed by atoms with Gasteiger partial charge >= 0.3 is 0 Å². The third kappa shape index (κ3) is 2.15. The second kappa shape index (κ2) is 5.26. The van der Waals surface area contributed by atoms with Crippen molar-refractivity contribution in [3.8, 4) is 0 Å². The van der Waals surface area contributed by atoms with Crippen LogP contribution in [0.1, 0.15) is 6.92 Å². The highest BCUT2D eigenvalue weighted by Crippen LogP contribution is 2.50. The number of rotatable bonds is 1. The van der Waals surface area contributed by atoms with E-state index in [1.165, 1.54) is 16.7 Å². The molecule has 1 aromatic rings. The molecule has 0 atom stereocenters. The van der Waals surface area contributed by atoms with E-state index in [1.807, 2.05) is 18.2 Å². The first-order chi connectivity index (χ1) is 9.52. The lowest BCUT2D eigenvalue weighted by molar-refractivity contribution is -0.121. The summed E-state index contributed by atoms with van der Waals surface area (Å²) in [6.07, 6.45) is 0. The molecule has 0 aromatic heterocycles. The maximum absolute atomic E-state index is 12.3. The van der Waals surface area contributed by atoms with E-state index in [1.54, 1.807) is 18.8 Å². The van der Waals surface area contributed by atoms with Crippen molar-refractivity contribution in [1.29, 1.82) is 0 Å². The van der Waals surface area contributed by atoms with Gasteiger partial charge in [-0.15, -0.1) is 0 Å². The van der Waals surface area contributed by atoms with Crippen molar-refractivity contribution in [3.05, 3.63) is 33.2 Å². The quantitative estimate of drug-likeness (QED) is 0.568. The second-order valence-electron chi connectivity index (χ2n) is 4.32. The Kier molecular flexibility index (Phi) is 3.75. The van der Waals surface area contributed by atoms with Crippen LogP contribution in [0.15, 0.2) is 33.0 Å². The number of hydrogen-bond acceptors (Lipinski definition) is 5. The molecular formula is C13H11ClN2OS3. The zero-order chi connectivity index (χ0) is 14.4. The monoisotopic (exact) mass is 342 g/mol. The third-order valence-electron chi connectivity index (χ3n) is 3.14. The summed E-state index contributed by atoms with van der Waals surface area (Å²) in [6, 6.07) is 5.80. The Labute approximate surface area is 136 Å². The number of nitrogens with zero attached hydrogens (tertiary/aromatic N) is 2. The van der Waals surface area contributed by atoms with Gasteiger partial charge < -0.3 is 4.90 Å². The lowest BCUT2D eigenvalue weighted by Crippen LogP contribution is -2.24. The molecular weight excluding hydrogens is 332 g/mol. The number of carbonyl (C=O) groups is 1. The number of thiocarbonyl (C=S) groups is 1. The highest BCUT2D eigenvalue weighted by atomic mass is 35.5. The average molecular weight is 343 g/mol. The second-order valence-corrected chi connectivity index (χ2v) is 7.44. The maximum atomic E-state index is 12.3. The van der Waals surface area contributed by atoms with E-state index in [2.05, 4.69) is 11.8 Å². The molecule has 1 aromatic carbocycles. The zero-order valence-electron chi connectivity index (χ0n) is 10.8. The van der Waals surface area contributed by atoms with Gasteiger partial charge in [0, 0.05) is 23.5 Å². The van der Waals surface area contributed by atoms with Crippen molar-refractivity contribution in [2.75, 3.05) is 18.5 Å². The van der Waals surface area contributed by atoms with Crippen LogP contribution in [0.4, 0.5) is 5.69 Å². The highest BCUT2D eigenvalue weighted by molar-refractivity contribution is 8.27.